The van der Waals surface area contributed by atoms with Crippen molar-refractivity contribution in [3.05, 3.63) is 0 Å². The third-order valence-corrected chi connectivity index (χ3v) is 5.53. The van der Waals surface area contributed by atoms with E-state index in [-0.39, 0.29) is 18.8 Å². The average Bonchev–Trinajstić information content (AvgIpc) is 1.65. The molecule has 0 atom stereocenters. The zero-order chi connectivity index (χ0) is 6.57. The third-order valence-electron chi connectivity index (χ3n) is 0.728. The number of hydrogen-bond acceptors (Lipinski definition) is 2. The lowest BCUT2D eigenvalue weighted by Crippen LogP contribution is -2.35. The molecule has 0 unspecified atom stereocenters. The van der Waals surface area contributed by atoms with E-state index in [2.05, 4.69) is 29.9 Å². The van der Waals surface area contributed by atoms with E-state index in [1.54, 1.807) is 0 Å². The molecule has 0 heterocycles. The second kappa shape index (κ2) is 4.52. The molecule has 2 nitrogen and oxygen atoms in total. The monoisotopic (exact) mass is 168 g/mol. The van der Waals surface area contributed by atoms with Gasteiger partial charge in [0.05, 0.1) is 0 Å². The summed E-state index contributed by atoms with van der Waals surface area (Å²) in [5.74, 6) is 0. The molecular formula is C3H13ClN2Si2. The minimum absolute atomic E-state index is 0.133. The second-order valence-corrected chi connectivity index (χ2v) is 7.75. The van der Waals surface area contributed by atoms with Gasteiger partial charge in [-0.2, -0.15) is 11.1 Å². The van der Waals surface area contributed by atoms with E-state index in [9.17, 15) is 0 Å². The smallest absolute Gasteiger partial charge is 0.191 e. The fourth-order valence-corrected chi connectivity index (χ4v) is 3.67. The summed E-state index contributed by atoms with van der Waals surface area (Å²) in [6.07, 6.45) is 0. The van der Waals surface area contributed by atoms with Crippen LogP contribution in [0, 0.1) is 0 Å². The Balaban J connectivity index is 3.10. The summed E-state index contributed by atoms with van der Waals surface area (Å²) < 4.78 is 4.54. The van der Waals surface area contributed by atoms with E-state index in [1.165, 1.54) is 0 Å². The van der Waals surface area contributed by atoms with Crippen LogP contribution in [0.4, 0.5) is 0 Å². The molecule has 0 aromatic carbocycles. The van der Waals surface area contributed by atoms with Crippen LogP contribution in [-0.2, 0) is 0 Å². The summed E-state index contributed by atoms with van der Waals surface area (Å²) in [6.45, 7) is 0. The van der Waals surface area contributed by atoms with Gasteiger partial charge in [-0.15, -0.1) is 0 Å². The summed E-state index contributed by atoms with van der Waals surface area (Å²) in [5, 5.41) is 0. The van der Waals surface area contributed by atoms with Crippen LogP contribution in [0.1, 0.15) is 0 Å². The molecule has 0 aliphatic heterocycles. The number of rotatable bonds is 3. The minimum Gasteiger partial charge on any atom is -0.334 e. The number of halogens is 1. The van der Waals surface area contributed by atoms with Gasteiger partial charge in [0.2, 0.25) is 0 Å². The van der Waals surface area contributed by atoms with E-state index >= 15 is 0 Å². The predicted octanol–water partition coefficient (Wildman–Crippen LogP) is -1.28. The molecule has 0 saturated heterocycles. The molecule has 0 amide bonds. The zero-order valence-electron chi connectivity index (χ0n) is 5.69. The largest absolute Gasteiger partial charge is 0.334 e. The molecule has 8 heavy (non-hydrogen) atoms. The molecule has 0 aromatic rings. The highest BCUT2D eigenvalue weighted by atomic mass is 35.6. The highest BCUT2D eigenvalue weighted by Crippen LogP contribution is 1.79. The zero-order valence-corrected chi connectivity index (χ0v) is 9.27. The molecule has 0 bridgehead atoms. The van der Waals surface area contributed by atoms with Gasteiger partial charge in [0.25, 0.3) is 0 Å². The van der Waals surface area contributed by atoms with E-state index in [1.807, 2.05) is 0 Å². The number of hydrogen-bond donors (Lipinski definition) is 0. The van der Waals surface area contributed by atoms with Crippen LogP contribution in [0.5, 0.6) is 0 Å². The van der Waals surface area contributed by atoms with Crippen molar-refractivity contribution in [1.29, 1.82) is 0 Å². The van der Waals surface area contributed by atoms with Crippen molar-refractivity contribution < 1.29 is 0 Å². The second-order valence-electron chi connectivity index (χ2n) is 2.20. The first-order valence-corrected chi connectivity index (χ1v) is 6.59. The Morgan fingerprint density at radius 1 is 1.25 bits per heavy atom. The first-order valence-electron chi connectivity index (χ1n) is 2.56. The predicted molar refractivity (Wildman–Crippen MR) is 44.4 cm³/mol. The van der Waals surface area contributed by atoms with Gasteiger partial charge in [-0.3, -0.25) is 0 Å². The van der Waals surface area contributed by atoms with Crippen molar-refractivity contribution in [1.82, 2.24) is 8.80 Å². The topological polar surface area (TPSA) is 6.48 Å². The van der Waals surface area contributed by atoms with Crippen molar-refractivity contribution in [2.24, 2.45) is 0 Å². The first-order chi connectivity index (χ1) is 3.66. The maximum atomic E-state index is 5.67. The van der Waals surface area contributed by atoms with Crippen LogP contribution < -0.4 is 0 Å². The Kier molecular flexibility index (Phi) is 4.88. The molecular weight excluding hydrogens is 156 g/mol. The van der Waals surface area contributed by atoms with Gasteiger partial charge >= 0.3 is 0 Å². The average molecular weight is 169 g/mol. The minimum atomic E-state index is -0.379. The highest BCUT2D eigenvalue weighted by molar-refractivity contribution is 6.94. The van der Waals surface area contributed by atoms with Gasteiger partial charge in [0.15, 0.2) is 18.8 Å². The van der Waals surface area contributed by atoms with E-state index in [4.69, 9.17) is 11.1 Å². The fraction of sp³-hybridized carbons (Fsp3) is 1.00. The Bertz CT molecular complexity index is 61.2. The van der Waals surface area contributed by atoms with Gasteiger partial charge < -0.3 is 8.80 Å². The van der Waals surface area contributed by atoms with Gasteiger partial charge in [0, 0.05) is 0 Å². The van der Waals surface area contributed by atoms with Gasteiger partial charge in [-0.1, -0.05) is 0 Å². The third kappa shape index (κ3) is 4.79. The van der Waals surface area contributed by atoms with Crippen LogP contribution in [-0.4, -0.2) is 48.8 Å². The van der Waals surface area contributed by atoms with E-state index < -0.39 is 0 Å². The molecule has 0 fully saturated rings. The summed E-state index contributed by atoms with van der Waals surface area (Å²) in [7, 11) is 5.79. The van der Waals surface area contributed by atoms with Crippen molar-refractivity contribution >= 4 is 29.9 Å². The Labute approximate surface area is 60.4 Å². The molecule has 0 N–H and O–H groups in total. The molecule has 5 heteroatoms. The van der Waals surface area contributed by atoms with Crippen LogP contribution in [0.2, 0.25) is 0 Å². The van der Waals surface area contributed by atoms with Crippen molar-refractivity contribution in [2.45, 2.75) is 0 Å². The molecule has 0 radical (unpaired) electrons. The Hall–Kier alpha value is 0.644. The quantitative estimate of drug-likeness (QED) is 0.383. The van der Waals surface area contributed by atoms with Crippen LogP contribution in [0.3, 0.4) is 0 Å². The van der Waals surface area contributed by atoms with Crippen LogP contribution >= 0.6 is 11.1 Å². The SMILES string of the molecule is CN(C)[SiH2]N(C)[SiH2]Cl. The lowest BCUT2D eigenvalue weighted by Gasteiger charge is -2.16. The van der Waals surface area contributed by atoms with Gasteiger partial charge in [-0.05, 0) is 21.1 Å². The van der Waals surface area contributed by atoms with Crippen LogP contribution in [0.25, 0.3) is 0 Å². The van der Waals surface area contributed by atoms with Crippen molar-refractivity contribution in [2.75, 3.05) is 21.1 Å². The van der Waals surface area contributed by atoms with E-state index in [0.29, 0.717) is 0 Å². The Morgan fingerprint density at radius 2 is 1.75 bits per heavy atom. The highest BCUT2D eigenvalue weighted by Gasteiger charge is 1.96. The molecule has 0 saturated carbocycles. The normalized spacial score (nSPS) is 14.2. The summed E-state index contributed by atoms with van der Waals surface area (Å²) >= 11 is 5.67. The van der Waals surface area contributed by atoms with Crippen molar-refractivity contribution in [3.63, 3.8) is 0 Å². The molecule has 0 aliphatic rings. The standard InChI is InChI=1S/C3H13ClN2Si2/c1-5(2)8-6(3)7-4/h7-8H2,1-3H3. The maximum Gasteiger partial charge on any atom is 0.191 e. The number of nitrogens with zero attached hydrogens (tertiary/aromatic N) is 2. The van der Waals surface area contributed by atoms with Crippen molar-refractivity contribution in [3.8, 4) is 0 Å². The summed E-state index contributed by atoms with van der Waals surface area (Å²) in [6, 6.07) is 0. The Morgan fingerprint density at radius 3 is 1.88 bits per heavy atom. The molecule has 0 spiro atoms. The lowest BCUT2D eigenvalue weighted by molar-refractivity contribution is 0.610. The molecule has 50 valence electrons. The summed E-state index contributed by atoms with van der Waals surface area (Å²) in [4.78, 5) is 0. The molecule has 0 aromatic heterocycles. The van der Waals surface area contributed by atoms with Gasteiger partial charge in [-0.25, -0.2) is 0 Å². The lowest BCUT2D eigenvalue weighted by atomic mass is 11.3. The maximum absolute atomic E-state index is 5.67. The molecule has 0 rings (SSSR count). The molecule has 0 aliphatic carbocycles. The van der Waals surface area contributed by atoms with E-state index in [0.717, 1.165) is 0 Å². The van der Waals surface area contributed by atoms with Crippen LogP contribution in [0.15, 0.2) is 0 Å². The van der Waals surface area contributed by atoms with Gasteiger partial charge in [0.1, 0.15) is 0 Å². The fourth-order valence-electron chi connectivity index (χ4n) is 0.521. The first kappa shape index (κ1) is 8.64. The summed E-state index contributed by atoms with van der Waals surface area (Å²) in [5.41, 5.74) is 0.